The van der Waals surface area contributed by atoms with Crippen molar-refractivity contribution in [1.82, 2.24) is 15.0 Å². The first-order valence-corrected chi connectivity index (χ1v) is 12.4. The summed E-state index contributed by atoms with van der Waals surface area (Å²) in [6.07, 6.45) is -2.77. The van der Waals surface area contributed by atoms with Crippen molar-refractivity contribution < 1.29 is 26.4 Å². The van der Waals surface area contributed by atoms with Crippen molar-refractivity contribution in [1.29, 1.82) is 0 Å². The number of aromatic nitrogens is 3. The van der Waals surface area contributed by atoms with Gasteiger partial charge in [0.05, 0.1) is 12.7 Å². The molecule has 0 atom stereocenters. The quantitative estimate of drug-likeness (QED) is 0.431. The van der Waals surface area contributed by atoms with E-state index in [0.29, 0.717) is 28.8 Å². The van der Waals surface area contributed by atoms with Crippen LogP contribution < -0.4 is 20.3 Å². The molecule has 14 heteroatoms. The lowest BCUT2D eigenvalue weighted by molar-refractivity contribution is -0.137. The number of pyridine rings is 1. The predicted molar refractivity (Wildman–Crippen MR) is 129 cm³/mol. The van der Waals surface area contributed by atoms with Gasteiger partial charge in [0.2, 0.25) is 21.9 Å². The van der Waals surface area contributed by atoms with E-state index in [1.54, 1.807) is 31.2 Å². The molecule has 0 saturated heterocycles. The first kappa shape index (κ1) is 25.2. The second-order valence-electron chi connectivity index (χ2n) is 8.17. The van der Waals surface area contributed by atoms with Gasteiger partial charge in [-0.1, -0.05) is 6.07 Å². The van der Waals surface area contributed by atoms with E-state index in [4.69, 9.17) is 0 Å². The van der Waals surface area contributed by atoms with E-state index in [0.717, 1.165) is 16.1 Å². The summed E-state index contributed by atoms with van der Waals surface area (Å²) in [5, 5.41) is 8.26. The zero-order valence-electron chi connectivity index (χ0n) is 19.4. The number of carbonyl (C=O) groups is 1. The van der Waals surface area contributed by atoms with Gasteiger partial charge in [0.25, 0.3) is 0 Å². The van der Waals surface area contributed by atoms with Crippen molar-refractivity contribution in [3.63, 3.8) is 0 Å². The fourth-order valence-electron chi connectivity index (χ4n) is 3.51. The highest BCUT2D eigenvalue weighted by atomic mass is 32.2. The van der Waals surface area contributed by atoms with Gasteiger partial charge in [-0.15, -0.1) is 0 Å². The van der Waals surface area contributed by atoms with Gasteiger partial charge in [0, 0.05) is 36.9 Å². The lowest BCUT2D eigenvalue weighted by Gasteiger charge is -2.18. The highest BCUT2D eigenvalue weighted by Gasteiger charge is 2.35. The number of alkyl halides is 3. The topological polar surface area (TPSA) is 129 Å². The zero-order chi connectivity index (χ0) is 26.3. The van der Waals surface area contributed by atoms with Crippen LogP contribution in [0.2, 0.25) is 0 Å². The number of nitrogens with zero attached hydrogens (tertiary/aromatic N) is 4. The summed E-state index contributed by atoms with van der Waals surface area (Å²) in [5.41, 5.74) is 1.90. The van der Waals surface area contributed by atoms with Gasteiger partial charge in [-0.25, -0.2) is 18.4 Å². The molecule has 0 saturated carbocycles. The zero-order valence-corrected chi connectivity index (χ0v) is 20.3. The van der Waals surface area contributed by atoms with Crippen LogP contribution in [0.1, 0.15) is 22.4 Å². The third-order valence-electron chi connectivity index (χ3n) is 5.53. The lowest BCUT2D eigenvalue weighted by atomic mass is 10.1. The van der Waals surface area contributed by atoms with Crippen molar-refractivity contribution in [2.75, 3.05) is 33.6 Å². The largest absolute Gasteiger partial charge is 0.421 e. The summed E-state index contributed by atoms with van der Waals surface area (Å²) in [6.45, 7) is 1.58. The molecule has 0 fully saturated rings. The number of nitrogens with one attached hydrogen (secondary N) is 3. The molecule has 3 aromatic rings. The number of hydrogen-bond donors (Lipinski definition) is 3. The molecule has 0 bridgehead atoms. The molecular weight excluding hydrogens is 499 g/mol. The SMILES string of the molecule is Cc1nc(N(C)S(C)(=O)=O)ccc1CNc1nc(Nc2ccc3c(c2)CC(=O)N3)ncc1C(F)(F)F. The van der Waals surface area contributed by atoms with Crippen molar-refractivity contribution >= 4 is 44.9 Å². The summed E-state index contributed by atoms with van der Waals surface area (Å²) in [6, 6.07) is 8.09. The summed E-state index contributed by atoms with van der Waals surface area (Å²) in [4.78, 5) is 23.6. The van der Waals surface area contributed by atoms with E-state index in [-0.39, 0.29) is 30.6 Å². The molecule has 3 heterocycles. The summed E-state index contributed by atoms with van der Waals surface area (Å²) < 4.78 is 65.3. The van der Waals surface area contributed by atoms with Crippen LogP contribution in [0.15, 0.2) is 36.5 Å². The second-order valence-corrected chi connectivity index (χ2v) is 10.2. The Morgan fingerprint density at radius 2 is 1.92 bits per heavy atom. The monoisotopic (exact) mass is 521 g/mol. The average molecular weight is 522 g/mol. The third-order valence-corrected chi connectivity index (χ3v) is 6.71. The summed E-state index contributed by atoms with van der Waals surface area (Å²) in [7, 11) is -2.16. The maximum Gasteiger partial charge on any atom is 0.421 e. The first-order valence-electron chi connectivity index (χ1n) is 10.6. The van der Waals surface area contributed by atoms with Crippen LogP contribution in [0.25, 0.3) is 0 Å². The Bertz CT molecular complexity index is 1450. The average Bonchev–Trinajstić information content (AvgIpc) is 3.15. The Hall–Kier alpha value is -3.94. The number of halogens is 3. The predicted octanol–water partition coefficient (Wildman–Crippen LogP) is 3.44. The van der Waals surface area contributed by atoms with Gasteiger partial charge >= 0.3 is 6.18 Å². The van der Waals surface area contributed by atoms with E-state index in [2.05, 4.69) is 30.9 Å². The van der Waals surface area contributed by atoms with E-state index in [1.807, 2.05) is 0 Å². The molecule has 1 aliphatic rings. The van der Waals surface area contributed by atoms with Crippen LogP contribution in [-0.4, -0.2) is 42.6 Å². The first-order chi connectivity index (χ1) is 16.8. The standard InChI is InChI=1S/C22H22F3N7O3S/c1-12-13(4-7-18(28-12)32(2)36(3,34)35)10-26-20-16(22(23,24)25)11-27-21(31-20)29-15-5-6-17-14(8-15)9-19(33)30-17/h4-8,11H,9-10H2,1-3H3,(H,30,33)(H2,26,27,29,31). The van der Waals surface area contributed by atoms with Crippen LogP contribution >= 0.6 is 0 Å². The molecule has 0 spiro atoms. The molecular formula is C22H22F3N7O3S. The molecule has 1 aromatic carbocycles. The van der Waals surface area contributed by atoms with Gasteiger partial charge in [-0.2, -0.15) is 18.2 Å². The number of sulfonamides is 1. The minimum absolute atomic E-state index is 0.0478. The van der Waals surface area contributed by atoms with Crippen LogP contribution in [0.4, 0.5) is 42.1 Å². The van der Waals surface area contributed by atoms with Gasteiger partial charge < -0.3 is 16.0 Å². The van der Waals surface area contributed by atoms with E-state index in [9.17, 15) is 26.4 Å². The smallest absolute Gasteiger partial charge is 0.365 e. The third kappa shape index (κ3) is 5.48. The Morgan fingerprint density at radius 3 is 2.58 bits per heavy atom. The number of fused-ring (bicyclic) bond motifs is 1. The molecule has 1 amide bonds. The Morgan fingerprint density at radius 1 is 1.17 bits per heavy atom. The minimum atomic E-state index is -4.70. The summed E-state index contributed by atoms with van der Waals surface area (Å²) in [5.74, 6) is -0.452. The van der Waals surface area contributed by atoms with E-state index in [1.165, 1.54) is 13.1 Å². The van der Waals surface area contributed by atoms with E-state index < -0.39 is 27.6 Å². The van der Waals surface area contributed by atoms with Gasteiger partial charge in [0.1, 0.15) is 17.2 Å². The lowest BCUT2D eigenvalue weighted by Crippen LogP contribution is -2.26. The van der Waals surface area contributed by atoms with Crippen molar-refractivity contribution in [3.8, 4) is 0 Å². The molecule has 1 aliphatic heterocycles. The number of benzene rings is 1. The number of rotatable bonds is 7. The van der Waals surface area contributed by atoms with Crippen LogP contribution in [0.3, 0.4) is 0 Å². The van der Waals surface area contributed by atoms with Crippen molar-refractivity contribution in [3.05, 3.63) is 58.9 Å². The molecule has 36 heavy (non-hydrogen) atoms. The van der Waals surface area contributed by atoms with Gasteiger partial charge in [-0.3, -0.25) is 9.10 Å². The number of aryl methyl sites for hydroxylation is 1. The minimum Gasteiger partial charge on any atom is -0.365 e. The fourth-order valence-corrected chi connectivity index (χ4v) is 3.95. The van der Waals surface area contributed by atoms with Crippen LogP contribution in [0.5, 0.6) is 0 Å². The molecule has 0 unspecified atom stereocenters. The fraction of sp³-hybridized carbons (Fsp3) is 0.273. The molecule has 4 rings (SSSR count). The maximum atomic E-state index is 13.6. The number of amides is 1. The van der Waals surface area contributed by atoms with Gasteiger partial charge in [0.15, 0.2) is 0 Å². The Kier molecular flexibility index (Phi) is 6.47. The number of carbonyl (C=O) groups excluding carboxylic acids is 1. The van der Waals surface area contributed by atoms with Crippen molar-refractivity contribution in [2.45, 2.75) is 26.1 Å². The molecule has 0 radical (unpaired) electrons. The Labute approximate surface area is 205 Å². The van der Waals surface area contributed by atoms with Crippen molar-refractivity contribution in [2.24, 2.45) is 0 Å². The number of anilines is 5. The van der Waals surface area contributed by atoms with Gasteiger partial charge in [-0.05, 0) is 42.3 Å². The normalized spacial score (nSPS) is 13.2. The Balaban J connectivity index is 1.56. The second kappa shape index (κ2) is 9.26. The molecule has 2 aromatic heterocycles. The molecule has 10 nitrogen and oxygen atoms in total. The number of hydrogen-bond acceptors (Lipinski definition) is 8. The highest BCUT2D eigenvalue weighted by molar-refractivity contribution is 7.92. The highest BCUT2D eigenvalue weighted by Crippen LogP contribution is 2.35. The van der Waals surface area contributed by atoms with E-state index >= 15 is 0 Å². The molecule has 0 aliphatic carbocycles. The van der Waals surface area contributed by atoms with Crippen LogP contribution in [-0.2, 0) is 34.0 Å². The maximum absolute atomic E-state index is 13.6. The van der Waals surface area contributed by atoms with Crippen LogP contribution in [0, 0.1) is 6.92 Å². The molecule has 190 valence electrons. The summed E-state index contributed by atoms with van der Waals surface area (Å²) >= 11 is 0. The molecule has 3 N–H and O–H groups in total.